The zero-order valence-electron chi connectivity index (χ0n) is 12.6. The molecule has 2 fully saturated rings. The van der Waals surface area contributed by atoms with Crippen molar-refractivity contribution < 1.29 is 8.42 Å². The molecular formula is C14H22N4O2S. The fourth-order valence-electron chi connectivity index (χ4n) is 3.23. The van der Waals surface area contributed by atoms with Gasteiger partial charge in [0.25, 0.3) is 0 Å². The number of nitrogens with zero attached hydrogens (tertiary/aromatic N) is 4. The van der Waals surface area contributed by atoms with Crippen molar-refractivity contribution in [3.8, 4) is 0 Å². The molecule has 0 spiro atoms. The van der Waals surface area contributed by atoms with E-state index < -0.39 is 10.0 Å². The molecule has 0 bridgehead atoms. The zero-order chi connectivity index (χ0) is 15.0. The molecule has 7 heteroatoms. The smallest absolute Gasteiger partial charge is 0.211 e. The summed E-state index contributed by atoms with van der Waals surface area (Å²) in [6, 6.07) is 1.79. The van der Waals surface area contributed by atoms with Crippen molar-refractivity contribution in [3.05, 3.63) is 17.6 Å². The number of hydrogen-bond acceptors (Lipinski definition) is 5. The van der Waals surface area contributed by atoms with Crippen LogP contribution in [-0.2, 0) is 10.0 Å². The highest BCUT2D eigenvalue weighted by Crippen LogP contribution is 2.33. The molecule has 0 saturated carbocycles. The van der Waals surface area contributed by atoms with E-state index in [2.05, 4.69) is 14.9 Å². The summed E-state index contributed by atoms with van der Waals surface area (Å²) in [7, 11) is -3.20. The van der Waals surface area contributed by atoms with Crippen molar-refractivity contribution in [2.24, 2.45) is 0 Å². The minimum atomic E-state index is -3.20. The van der Waals surface area contributed by atoms with E-state index in [0.717, 1.165) is 37.4 Å². The van der Waals surface area contributed by atoms with Gasteiger partial charge < -0.3 is 4.90 Å². The van der Waals surface area contributed by atoms with E-state index in [4.69, 9.17) is 0 Å². The predicted molar refractivity (Wildman–Crippen MR) is 81.7 cm³/mol. The first-order valence-corrected chi connectivity index (χ1v) is 9.37. The summed E-state index contributed by atoms with van der Waals surface area (Å²) in [6.45, 7) is 4.57. The first kappa shape index (κ1) is 14.7. The largest absolute Gasteiger partial charge is 0.357 e. The Labute approximate surface area is 126 Å². The van der Waals surface area contributed by atoms with Crippen LogP contribution in [0.15, 0.2) is 6.07 Å². The fourth-order valence-corrected chi connectivity index (χ4v) is 4.35. The molecule has 6 nitrogen and oxygen atoms in total. The number of aromatic nitrogens is 2. The van der Waals surface area contributed by atoms with E-state index in [1.54, 1.807) is 0 Å². The zero-order valence-corrected chi connectivity index (χ0v) is 13.4. The van der Waals surface area contributed by atoms with Crippen molar-refractivity contribution in [2.45, 2.75) is 38.6 Å². The summed E-state index contributed by atoms with van der Waals surface area (Å²) in [6.07, 6.45) is 5.32. The third-order valence-corrected chi connectivity index (χ3v) is 5.50. The third kappa shape index (κ3) is 3.03. The monoisotopic (exact) mass is 310 g/mol. The molecule has 3 rings (SSSR count). The van der Waals surface area contributed by atoms with E-state index in [1.165, 1.54) is 23.4 Å². The highest BCUT2D eigenvalue weighted by Gasteiger charge is 2.35. The van der Waals surface area contributed by atoms with Gasteiger partial charge in [-0.1, -0.05) is 0 Å². The Morgan fingerprint density at radius 3 is 2.52 bits per heavy atom. The van der Waals surface area contributed by atoms with Crippen LogP contribution in [0.2, 0.25) is 0 Å². The molecule has 21 heavy (non-hydrogen) atoms. The Morgan fingerprint density at radius 1 is 1.14 bits per heavy atom. The van der Waals surface area contributed by atoms with Gasteiger partial charge in [0.05, 0.1) is 12.3 Å². The van der Waals surface area contributed by atoms with Crippen molar-refractivity contribution in [3.63, 3.8) is 0 Å². The normalized spacial score (nSPS) is 23.9. The van der Waals surface area contributed by atoms with Gasteiger partial charge in [-0.15, -0.1) is 0 Å². The van der Waals surface area contributed by atoms with Crippen LogP contribution in [0.4, 0.5) is 5.82 Å². The summed E-state index contributed by atoms with van der Waals surface area (Å²) in [5, 5.41) is 0. The summed E-state index contributed by atoms with van der Waals surface area (Å²) in [5.41, 5.74) is 0.905. The van der Waals surface area contributed by atoms with Crippen LogP contribution in [0.3, 0.4) is 0 Å². The lowest BCUT2D eigenvalue weighted by atomic mass is 10.2. The van der Waals surface area contributed by atoms with Crippen molar-refractivity contribution in [1.29, 1.82) is 0 Å². The second-order valence-electron chi connectivity index (χ2n) is 5.95. The average Bonchev–Trinajstić information content (AvgIpc) is 3.09. The average molecular weight is 310 g/mol. The lowest BCUT2D eigenvalue weighted by Crippen LogP contribution is -2.31. The molecule has 2 saturated heterocycles. The molecule has 3 heterocycles. The molecule has 1 aromatic rings. The Morgan fingerprint density at radius 2 is 1.86 bits per heavy atom. The summed E-state index contributed by atoms with van der Waals surface area (Å²) >= 11 is 0. The maximum atomic E-state index is 11.9. The van der Waals surface area contributed by atoms with E-state index in [1.807, 2.05) is 13.0 Å². The number of hydrogen-bond donors (Lipinski definition) is 0. The van der Waals surface area contributed by atoms with E-state index >= 15 is 0 Å². The topological polar surface area (TPSA) is 66.4 Å². The number of anilines is 1. The van der Waals surface area contributed by atoms with Crippen LogP contribution in [0.25, 0.3) is 0 Å². The molecule has 0 aliphatic carbocycles. The van der Waals surface area contributed by atoms with Gasteiger partial charge in [-0.2, -0.15) is 4.31 Å². The molecule has 116 valence electrons. The number of rotatable bonds is 3. The lowest BCUT2D eigenvalue weighted by Gasteiger charge is -2.23. The molecule has 1 aromatic heterocycles. The first-order valence-electron chi connectivity index (χ1n) is 7.52. The second kappa shape index (κ2) is 5.53. The standard InChI is InChI=1S/C14H22N4O2S/c1-11-10-13(17-7-3-4-8-17)16-14(15-11)12-6-5-9-18(12)21(2,19)20/h10,12H,3-9H2,1-2H3/t12-/m1/s1. The van der Waals surface area contributed by atoms with Crippen LogP contribution in [0, 0.1) is 6.92 Å². The first-order chi connectivity index (χ1) is 9.95. The highest BCUT2D eigenvalue weighted by atomic mass is 32.2. The van der Waals surface area contributed by atoms with Gasteiger partial charge in [0.2, 0.25) is 10.0 Å². The van der Waals surface area contributed by atoms with E-state index in [9.17, 15) is 8.42 Å². The molecular weight excluding hydrogens is 288 g/mol. The summed E-state index contributed by atoms with van der Waals surface area (Å²) in [5.74, 6) is 1.59. The molecule has 0 N–H and O–H groups in total. The van der Waals surface area contributed by atoms with Gasteiger partial charge in [-0.25, -0.2) is 18.4 Å². The van der Waals surface area contributed by atoms with Crippen LogP contribution >= 0.6 is 0 Å². The maximum absolute atomic E-state index is 11.9. The number of aryl methyl sites for hydroxylation is 1. The van der Waals surface area contributed by atoms with Crippen molar-refractivity contribution in [1.82, 2.24) is 14.3 Å². The minimum Gasteiger partial charge on any atom is -0.357 e. The number of sulfonamides is 1. The molecule has 0 unspecified atom stereocenters. The Hall–Kier alpha value is -1.21. The van der Waals surface area contributed by atoms with E-state index in [0.29, 0.717) is 12.4 Å². The van der Waals surface area contributed by atoms with Crippen LogP contribution < -0.4 is 4.90 Å². The van der Waals surface area contributed by atoms with Gasteiger partial charge in [-0.05, 0) is 32.6 Å². The molecule has 1 atom stereocenters. The van der Waals surface area contributed by atoms with Gasteiger partial charge in [0.1, 0.15) is 11.6 Å². The van der Waals surface area contributed by atoms with Gasteiger partial charge in [0.15, 0.2) is 0 Å². The lowest BCUT2D eigenvalue weighted by molar-refractivity contribution is 0.386. The van der Waals surface area contributed by atoms with Crippen LogP contribution in [0.1, 0.15) is 43.2 Å². The van der Waals surface area contributed by atoms with Crippen molar-refractivity contribution >= 4 is 15.8 Å². The highest BCUT2D eigenvalue weighted by molar-refractivity contribution is 7.88. The second-order valence-corrected chi connectivity index (χ2v) is 7.89. The fraction of sp³-hybridized carbons (Fsp3) is 0.714. The van der Waals surface area contributed by atoms with Gasteiger partial charge in [0, 0.05) is 31.4 Å². The Bertz CT molecular complexity index is 626. The minimum absolute atomic E-state index is 0.207. The SMILES string of the molecule is Cc1cc(N2CCCC2)nc([C@H]2CCCN2S(C)(=O)=O)n1. The molecule has 2 aliphatic heterocycles. The Balaban J connectivity index is 1.94. The molecule has 0 radical (unpaired) electrons. The van der Waals surface area contributed by atoms with Crippen LogP contribution in [0.5, 0.6) is 0 Å². The third-order valence-electron chi connectivity index (χ3n) is 4.22. The predicted octanol–water partition coefficient (Wildman–Crippen LogP) is 1.48. The molecule has 0 amide bonds. The summed E-state index contributed by atoms with van der Waals surface area (Å²) in [4.78, 5) is 11.4. The van der Waals surface area contributed by atoms with Gasteiger partial charge >= 0.3 is 0 Å². The molecule has 0 aromatic carbocycles. The quantitative estimate of drug-likeness (QED) is 0.846. The van der Waals surface area contributed by atoms with Crippen LogP contribution in [-0.4, -0.2) is 48.6 Å². The molecule has 2 aliphatic rings. The maximum Gasteiger partial charge on any atom is 0.211 e. The van der Waals surface area contributed by atoms with E-state index in [-0.39, 0.29) is 6.04 Å². The van der Waals surface area contributed by atoms with Gasteiger partial charge in [-0.3, -0.25) is 0 Å². The van der Waals surface area contributed by atoms with Crippen molar-refractivity contribution in [2.75, 3.05) is 30.8 Å². The Kier molecular flexibility index (Phi) is 3.88. The summed E-state index contributed by atoms with van der Waals surface area (Å²) < 4.78 is 25.3.